The van der Waals surface area contributed by atoms with Gasteiger partial charge < -0.3 is 9.51 Å². The monoisotopic (exact) mass is 190 g/mol. The van der Waals surface area contributed by atoms with E-state index in [0.29, 0.717) is 5.76 Å². The SMILES string of the molecule is Cc1noc(C)c1-c1cc(=O)cc[nH]1. The molecule has 4 nitrogen and oxygen atoms in total. The van der Waals surface area contributed by atoms with Gasteiger partial charge in [-0.25, -0.2) is 0 Å². The molecular formula is C10H10N2O2. The van der Waals surface area contributed by atoms with Crippen molar-refractivity contribution in [3.05, 3.63) is 40.0 Å². The van der Waals surface area contributed by atoms with Crippen molar-refractivity contribution in [2.24, 2.45) is 0 Å². The molecule has 0 radical (unpaired) electrons. The van der Waals surface area contributed by atoms with Gasteiger partial charge in [-0.3, -0.25) is 4.79 Å². The van der Waals surface area contributed by atoms with Crippen LogP contribution < -0.4 is 5.43 Å². The topological polar surface area (TPSA) is 58.9 Å². The van der Waals surface area contributed by atoms with Crippen molar-refractivity contribution < 1.29 is 4.52 Å². The third-order valence-corrected chi connectivity index (χ3v) is 2.08. The average Bonchev–Trinajstić information content (AvgIpc) is 2.46. The first-order valence-electron chi connectivity index (χ1n) is 4.30. The van der Waals surface area contributed by atoms with Crippen LogP contribution in [0.4, 0.5) is 0 Å². The van der Waals surface area contributed by atoms with Gasteiger partial charge in [0, 0.05) is 18.3 Å². The average molecular weight is 190 g/mol. The van der Waals surface area contributed by atoms with Crippen molar-refractivity contribution in [3.8, 4) is 11.3 Å². The van der Waals surface area contributed by atoms with E-state index in [1.165, 1.54) is 12.1 Å². The molecule has 72 valence electrons. The van der Waals surface area contributed by atoms with Gasteiger partial charge in [0.1, 0.15) is 5.76 Å². The Labute approximate surface area is 80.6 Å². The zero-order valence-corrected chi connectivity index (χ0v) is 8.00. The highest BCUT2D eigenvalue weighted by Gasteiger charge is 2.11. The molecule has 2 aromatic rings. The Morgan fingerprint density at radius 2 is 2.21 bits per heavy atom. The minimum atomic E-state index is -0.0289. The first-order chi connectivity index (χ1) is 6.68. The van der Waals surface area contributed by atoms with Crippen molar-refractivity contribution >= 4 is 0 Å². The number of hydrogen-bond donors (Lipinski definition) is 1. The summed E-state index contributed by atoms with van der Waals surface area (Å²) in [6.07, 6.45) is 1.61. The molecule has 1 N–H and O–H groups in total. The maximum Gasteiger partial charge on any atom is 0.182 e. The number of aromatic amines is 1. The number of nitrogens with one attached hydrogen (secondary N) is 1. The Morgan fingerprint density at radius 3 is 2.79 bits per heavy atom. The lowest BCUT2D eigenvalue weighted by Crippen LogP contribution is -1.98. The van der Waals surface area contributed by atoms with Crippen LogP contribution in [0, 0.1) is 13.8 Å². The first kappa shape index (κ1) is 8.74. The predicted octanol–water partition coefficient (Wildman–Crippen LogP) is 1.65. The van der Waals surface area contributed by atoms with Crippen LogP contribution in [0.1, 0.15) is 11.5 Å². The van der Waals surface area contributed by atoms with Crippen LogP contribution in [-0.2, 0) is 0 Å². The molecule has 14 heavy (non-hydrogen) atoms. The van der Waals surface area contributed by atoms with Crippen molar-refractivity contribution in [2.75, 3.05) is 0 Å². The maximum absolute atomic E-state index is 11.1. The predicted molar refractivity (Wildman–Crippen MR) is 52.0 cm³/mol. The molecule has 4 heteroatoms. The number of aryl methyl sites for hydroxylation is 2. The minimum Gasteiger partial charge on any atom is -0.361 e. The fourth-order valence-electron chi connectivity index (χ4n) is 1.46. The summed E-state index contributed by atoms with van der Waals surface area (Å²) in [4.78, 5) is 14.1. The van der Waals surface area contributed by atoms with Crippen LogP contribution in [0.25, 0.3) is 11.3 Å². The lowest BCUT2D eigenvalue weighted by atomic mass is 10.1. The van der Waals surface area contributed by atoms with E-state index in [9.17, 15) is 4.79 Å². The highest BCUT2D eigenvalue weighted by molar-refractivity contribution is 5.63. The number of hydrogen-bond acceptors (Lipinski definition) is 3. The van der Waals surface area contributed by atoms with Crippen LogP contribution in [0.2, 0.25) is 0 Å². The number of rotatable bonds is 1. The zero-order chi connectivity index (χ0) is 10.1. The van der Waals surface area contributed by atoms with E-state index >= 15 is 0 Å². The molecule has 0 spiro atoms. The van der Waals surface area contributed by atoms with Gasteiger partial charge in [0.25, 0.3) is 0 Å². The molecule has 0 amide bonds. The number of pyridine rings is 1. The van der Waals surface area contributed by atoms with E-state index in [0.717, 1.165) is 17.0 Å². The summed E-state index contributed by atoms with van der Waals surface area (Å²) in [5.74, 6) is 0.712. The third-order valence-electron chi connectivity index (χ3n) is 2.08. The standard InChI is InChI=1S/C10H10N2O2/c1-6-10(7(2)14-12-6)9-5-8(13)3-4-11-9/h3-5H,1-2H3,(H,11,13). The Balaban J connectivity index is 2.65. The maximum atomic E-state index is 11.1. The molecule has 2 rings (SSSR count). The highest BCUT2D eigenvalue weighted by Crippen LogP contribution is 2.23. The largest absolute Gasteiger partial charge is 0.361 e. The van der Waals surface area contributed by atoms with E-state index in [-0.39, 0.29) is 5.43 Å². The third kappa shape index (κ3) is 1.35. The molecule has 0 aliphatic heterocycles. The minimum absolute atomic E-state index is 0.0289. The molecular weight excluding hydrogens is 180 g/mol. The lowest BCUT2D eigenvalue weighted by molar-refractivity contribution is 0.393. The number of aromatic nitrogens is 2. The Hall–Kier alpha value is -1.84. The second kappa shape index (κ2) is 3.14. The molecule has 0 aliphatic carbocycles. The van der Waals surface area contributed by atoms with E-state index in [2.05, 4.69) is 10.1 Å². The summed E-state index contributed by atoms with van der Waals surface area (Å²) >= 11 is 0. The normalized spacial score (nSPS) is 10.4. The molecule has 0 fully saturated rings. The number of nitrogens with zero attached hydrogens (tertiary/aromatic N) is 1. The Kier molecular flexibility index (Phi) is 1.96. The van der Waals surface area contributed by atoms with Crippen molar-refractivity contribution in [2.45, 2.75) is 13.8 Å². The highest BCUT2D eigenvalue weighted by atomic mass is 16.5. The number of H-pyrrole nitrogens is 1. The van der Waals surface area contributed by atoms with E-state index < -0.39 is 0 Å². The summed E-state index contributed by atoms with van der Waals surface area (Å²) in [5.41, 5.74) is 2.36. The van der Waals surface area contributed by atoms with Gasteiger partial charge in [0.2, 0.25) is 0 Å². The van der Waals surface area contributed by atoms with Gasteiger partial charge in [-0.2, -0.15) is 0 Å². The molecule has 0 saturated carbocycles. The summed E-state index contributed by atoms with van der Waals surface area (Å²) in [6, 6.07) is 3.01. The van der Waals surface area contributed by atoms with Crippen molar-refractivity contribution in [1.29, 1.82) is 0 Å². The quantitative estimate of drug-likeness (QED) is 0.743. The second-order valence-electron chi connectivity index (χ2n) is 3.14. The second-order valence-corrected chi connectivity index (χ2v) is 3.14. The van der Waals surface area contributed by atoms with Crippen LogP contribution in [0.3, 0.4) is 0 Å². The molecule has 0 unspecified atom stereocenters. The molecule has 0 saturated heterocycles. The van der Waals surface area contributed by atoms with Crippen LogP contribution in [-0.4, -0.2) is 10.1 Å². The smallest absolute Gasteiger partial charge is 0.182 e. The van der Waals surface area contributed by atoms with E-state index in [1.807, 2.05) is 13.8 Å². The summed E-state index contributed by atoms with van der Waals surface area (Å²) in [5, 5.41) is 3.83. The zero-order valence-electron chi connectivity index (χ0n) is 8.00. The molecule has 0 aromatic carbocycles. The molecule has 2 aromatic heterocycles. The summed E-state index contributed by atoms with van der Waals surface area (Å²) < 4.78 is 5.02. The van der Waals surface area contributed by atoms with Crippen LogP contribution in [0.15, 0.2) is 27.6 Å². The lowest BCUT2D eigenvalue weighted by Gasteiger charge is -1.98. The summed E-state index contributed by atoms with van der Waals surface area (Å²) in [7, 11) is 0. The van der Waals surface area contributed by atoms with E-state index in [4.69, 9.17) is 4.52 Å². The van der Waals surface area contributed by atoms with Gasteiger partial charge in [0.15, 0.2) is 5.43 Å². The van der Waals surface area contributed by atoms with E-state index in [1.54, 1.807) is 6.20 Å². The summed E-state index contributed by atoms with van der Waals surface area (Å²) in [6.45, 7) is 3.66. The Morgan fingerprint density at radius 1 is 1.43 bits per heavy atom. The fraction of sp³-hybridized carbons (Fsp3) is 0.200. The van der Waals surface area contributed by atoms with Crippen LogP contribution >= 0.6 is 0 Å². The molecule has 2 heterocycles. The van der Waals surface area contributed by atoms with Gasteiger partial charge in [0.05, 0.1) is 17.0 Å². The molecule has 0 bridgehead atoms. The Bertz CT molecular complexity index is 491. The molecule has 0 aliphatic rings. The fourth-order valence-corrected chi connectivity index (χ4v) is 1.46. The molecule has 0 atom stereocenters. The van der Waals surface area contributed by atoms with Gasteiger partial charge in [-0.1, -0.05) is 5.16 Å². The van der Waals surface area contributed by atoms with Gasteiger partial charge in [-0.15, -0.1) is 0 Å². The first-order valence-corrected chi connectivity index (χ1v) is 4.30. The van der Waals surface area contributed by atoms with Gasteiger partial charge in [-0.05, 0) is 13.8 Å². The van der Waals surface area contributed by atoms with Crippen molar-refractivity contribution in [1.82, 2.24) is 10.1 Å². The van der Waals surface area contributed by atoms with Crippen molar-refractivity contribution in [3.63, 3.8) is 0 Å². The van der Waals surface area contributed by atoms with Gasteiger partial charge >= 0.3 is 0 Å². The van der Waals surface area contributed by atoms with Crippen LogP contribution in [0.5, 0.6) is 0 Å².